The van der Waals surface area contributed by atoms with E-state index in [1.165, 1.54) is 57.8 Å². The molecule has 2 fully saturated rings. The van der Waals surface area contributed by atoms with Crippen LogP contribution in [0.1, 0.15) is 64.7 Å². The molecule has 0 aliphatic heterocycles. The number of methoxy groups -OCH3 is 1. The van der Waals surface area contributed by atoms with Crippen molar-refractivity contribution >= 4 is 0 Å². The summed E-state index contributed by atoms with van der Waals surface area (Å²) >= 11 is 0. The quantitative estimate of drug-likeness (QED) is 0.711. The van der Waals surface area contributed by atoms with Crippen molar-refractivity contribution in [2.24, 2.45) is 11.8 Å². The first-order valence-electron chi connectivity index (χ1n) is 8.11. The molecule has 0 radical (unpaired) electrons. The first-order valence-corrected chi connectivity index (χ1v) is 8.11. The average molecular weight is 253 g/mol. The lowest BCUT2D eigenvalue weighted by Crippen LogP contribution is -2.46. The molecule has 2 nitrogen and oxygen atoms in total. The molecular formula is C16H31NO. The van der Waals surface area contributed by atoms with E-state index in [1.54, 1.807) is 0 Å². The fourth-order valence-corrected chi connectivity index (χ4v) is 3.52. The van der Waals surface area contributed by atoms with Crippen LogP contribution in [0.15, 0.2) is 0 Å². The highest BCUT2D eigenvalue weighted by molar-refractivity contribution is 4.89. The van der Waals surface area contributed by atoms with Crippen LogP contribution in [0.5, 0.6) is 0 Å². The molecule has 0 aromatic carbocycles. The maximum Gasteiger partial charge on any atom is 0.0752 e. The number of nitrogens with one attached hydrogen (secondary N) is 1. The van der Waals surface area contributed by atoms with Gasteiger partial charge in [0.05, 0.1) is 6.10 Å². The monoisotopic (exact) mass is 253 g/mol. The van der Waals surface area contributed by atoms with Gasteiger partial charge in [-0.1, -0.05) is 39.0 Å². The van der Waals surface area contributed by atoms with Crippen molar-refractivity contribution < 1.29 is 4.74 Å². The van der Waals surface area contributed by atoms with Gasteiger partial charge in [0.15, 0.2) is 0 Å². The Bertz CT molecular complexity index is 221. The van der Waals surface area contributed by atoms with E-state index in [2.05, 4.69) is 12.2 Å². The lowest BCUT2D eigenvalue weighted by Gasteiger charge is -2.35. The molecule has 2 saturated carbocycles. The molecule has 2 rings (SSSR count). The SMILES string of the molecule is CCCNC(CC1CC1)C(OC)C1CCCCC1. The Kier molecular flexibility index (Phi) is 5.97. The van der Waals surface area contributed by atoms with Crippen LogP contribution >= 0.6 is 0 Å². The van der Waals surface area contributed by atoms with Crippen molar-refractivity contribution in [2.75, 3.05) is 13.7 Å². The van der Waals surface area contributed by atoms with Gasteiger partial charge in [0.2, 0.25) is 0 Å². The van der Waals surface area contributed by atoms with Crippen molar-refractivity contribution in [2.45, 2.75) is 76.9 Å². The van der Waals surface area contributed by atoms with Gasteiger partial charge in [-0.25, -0.2) is 0 Å². The van der Waals surface area contributed by atoms with E-state index >= 15 is 0 Å². The summed E-state index contributed by atoms with van der Waals surface area (Å²) in [6, 6.07) is 0.602. The summed E-state index contributed by atoms with van der Waals surface area (Å²) in [6.07, 6.45) is 12.9. The summed E-state index contributed by atoms with van der Waals surface area (Å²) in [5.74, 6) is 1.79. The molecule has 0 spiro atoms. The van der Waals surface area contributed by atoms with Crippen LogP contribution in [0.3, 0.4) is 0 Å². The summed E-state index contributed by atoms with van der Waals surface area (Å²) in [7, 11) is 1.92. The zero-order chi connectivity index (χ0) is 12.8. The van der Waals surface area contributed by atoms with E-state index in [0.717, 1.165) is 18.4 Å². The van der Waals surface area contributed by atoms with E-state index in [0.29, 0.717) is 12.1 Å². The number of hydrogen-bond donors (Lipinski definition) is 1. The number of ether oxygens (including phenoxy) is 1. The smallest absolute Gasteiger partial charge is 0.0752 e. The van der Waals surface area contributed by atoms with E-state index < -0.39 is 0 Å². The molecule has 18 heavy (non-hydrogen) atoms. The molecule has 2 unspecified atom stereocenters. The second-order valence-corrected chi connectivity index (χ2v) is 6.34. The molecule has 2 atom stereocenters. The highest BCUT2D eigenvalue weighted by Gasteiger charge is 2.34. The van der Waals surface area contributed by atoms with Gasteiger partial charge in [0, 0.05) is 13.2 Å². The maximum absolute atomic E-state index is 5.92. The molecule has 2 aliphatic rings. The van der Waals surface area contributed by atoms with Crippen LogP contribution in [-0.4, -0.2) is 25.8 Å². The normalized spacial score (nSPS) is 25.0. The van der Waals surface area contributed by atoms with Gasteiger partial charge in [-0.2, -0.15) is 0 Å². The second kappa shape index (κ2) is 7.49. The van der Waals surface area contributed by atoms with Gasteiger partial charge >= 0.3 is 0 Å². The van der Waals surface area contributed by atoms with Gasteiger partial charge in [-0.3, -0.25) is 0 Å². The summed E-state index contributed by atoms with van der Waals surface area (Å²) in [5.41, 5.74) is 0. The highest BCUT2D eigenvalue weighted by Crippen LogP contribution is 2.37. The standard InChI is InChI=1S/C16H31NO/c1-3-11-17-15(12-13-9-10-13)16(18-2)14-7-5-4-6-8-14/h13-17H,3-12H2,1-2H3. The minimum atomic E-state index is 0.456. The molecular weight excluding hydrogens is 222 g/mol. The Balaban J connectivity index is 1.89. The minimum Gasteiger partial charge on any atom is -0.380 e. The second-order valence-electron chi connectivity index (χ2n) is 6.34. The summed E-state index contributed by atoms with van der Waals surface area (Å²) in [5, 5.41) is 3.76. The van der Waals surface area contributed by atoms with Gasteiger partial charge < -0.3 is 10.1 Å². The third-order valence-electron chi connectivity index (χ3n) is 4.72. The molecule has 0 bridgehead atoms. The van der Waals surface area contributed by atoms with Crippen LogP contribution in [-0.2, 0) is 4.74 Å². The predicted molar refractivity (Wildman–Crippen MR) is 76.8 cm³/mol. The third-order valence-corrected chi connectivity index (χ3v) is 4.72. The molecule has 2 aliphatic carbocycles. The molecule has 106 valence electrons. The minimum absolute atomic E-state index is 0.456. The Morgan fingerprint density at radius 2 is 1.83 bits per heavy atom. The van der Waals surface area contributed by atoms with Gasteiger partial charge in [0.25, 0.3) is 0 Å². The Morgan fingerprint density at radius 3 is 2.39 bits per heavy atom. The predicted octanol–water partition coefficient (Wildman–Crippen LogP) is 3.75. The largest absolute Gasteiger partial charge is 0.380 e. The summed E-state index contributed by atoms with van der Waals surface area (Å²) < 4.78 is 5.92. The zero-order valence-electron chi connectivity index (χ0n) is 12.3. The first-order chi connectivity index (χ1) is 8.85. The molecule has 0 aromatic heterocycles. The van der Waals surface area contributed by atoms with E-state index in [-0.39, 0.29) is 0 Å². The Hall–Kier alpha value is -0.0800. The first kappa shape index (κ1) is 14.3. The molecule has 0 amide bonds. The molecule has 0 saturated heterocycles. The van der Waals surface area contributed by atoms with Crippen molar-refractivity contribution in [3.05, 3.63) is 0 Å². The topological polar surface area (TPSA) is 21.3 Å². The fraction of sp³-hybridized carbons (Fsp3) is 1.00. The van der Waals surface area contributed by atoms with Crippen LogP contribution in [0.4, 0.5) is 0 Å². The lowest BCUT2D eigenvalue weighted by atomic mass is 9.81. The third kappa shape index (κ3) is 4.24. The maximum atomic E-state index is 5.92. The van der Waals surface area contributed by atoms with Gasteiger partial charge in [-0.05, 0) is 44.1 Å². The lowest BCUT2D eigenvalue weighted by molar-refractivity contribution is 0.00477. The van der Waals surface area contributed by atoms with E-state index in [9.17, 15) is 0 Å². The van der Waals surface area contributed by atoms with Crippen molar-refractivity contribution in [1.82, 2.24) is 5.32 Å². The number of hydrogen-bond acceptors (Lipinski definition) is 2. The Labute approximate surface area is 113 Å². The highest BCUT2D eigenvalue weighted by atomic mass is 16.5. The van der Waals surface area contributed by atoms with Crippen molar-refractivity contribution in [3.8, 4) is 0 Å². The fourth-order valence-electron chi connectivity index (χ4n) is 3.52. The molecule has 0 aromatic rings. The average Bonchev–Trinajstić information content (AvgIpc) is 3.22. The summed E-state index contributed by atoms with van der Waals surface area (Å²) in [6.45, 7) is 3.40. The molecule has 0 heterocycles. The van der Waals surface area contributed by atoms with Gasteiger partial charge in [0.1, 0.15) is 0 Å². The van der Waals surface area contributed by atoms with E-state index in [1.807, 2.05) is 7.11 Å². The summed E-state index contributed by atoms with van der Waals surface area (Å²) in [4.78, 5) is 0. The van der Waals surface area contributed by atoms with Crippen molar-refractivity contribution in [3.63, 3.8) is 0 Å². The molecule has 1 N–H and O–H groups in total. The van der Waals surface area contributed by atoms with Gasteiger partial charge in [-0.15, -0.1) is 0 Å². The van der Waals surface area contributed by atoms with Crippen molar-refractivity contribution in [1.29, 1.82) is 0 Å². The zero-order valence-corrected chi connectivity index (χ0v) is 12.3. The number of rotatable bonds is 8. The van der Waals surface area contributed by atoms with Crippen LogP contribution in [0.2, 0.25) is 0 Å². The van der Waals surface area contributed by atoms with E-state index in [4.69, 9.17) is 4.74 Å². The van der Waals surface area contributed by atoms with Crippen LogP contribution in [0, 0.1) is 11.8 Å². The molecule has 2 heteroatoms. The Morgan fingerprint density at radius 1 is 1.11 bits per heavy atom. The van der Waals surface area contributed by atoms with Crippen LogP contribution < -0.4 is 5.32 Å². The van der Waals surface area contributed by atoms with Crippen LogP contribution in [0.25, 0.3) is 0 Å².